The minimum Gasteiger partial charge on any atom is -0.337 e. The SMILES string of the molecule is Fc1c(Cl)cccc1Nc1ncccc1Br. The van der Waals surface area contributed by atoms with Crippen molar-refractivity contribution in [2.75, 3.05) is 5.32 Å². The smallest absolute Gasteiger partial charge is 0.165 e. The second-order valence-electron chi connectivity index (χ2n) is 3.06. The first-order chi connectivity index (χ1) is 7.68. The Morgan fingerprint density at radius 3 is 2.81 bits per heavy atom. The number of halogens is 3. The number of nitrogens with one attached hydrogen (secondary N) is 1. The van der Waals surface area contributed by atoms with Gasteiger partial charge in [0.1, 0.15) is 5.82 Å². The van der Waals surface area contributed by atoms with Gasteiger partial charge in [-0.25, -0.2) is 9.37 Å². The zero-order valence-corrected chi connectivity index (χ0v) is 10.4. The van der Waals surface area contributed by atoms with Gasteiger partial charge >= 0.3 is 0 Å². The number of rotatable bonds is 2. The second-order valence-corrected chi connectivity index (χ2v) is 4.32. The Bertz CT molecular complexity index is 519. The van der Waals surface area contributed by atoms with Crippen LogP contribution in [0.5, 0.6) is 0 Å². The molecule has 0 amide bonds. The van der Waals surface area contributed by atoms with E-state index in [2.05, 4.69) is 26.2 Å². The van der Waals surface area contributed by atoms with Gasteiger partial charge < -0.3 is 5.32 Å². The molecule has 1 heterocycles. The quantitative estimate of drug-likeness (QED) is 0.890. The zero-order chi connectivity index (χ0) is 11.5. The summed E-state index contributed by atoms with van der Waals surface area (Å²) in [5, 5.41) is 2.94. The first kappa shape index (κ1) is 11.4. The van der Waals surface area contributed by atoms with Gasteiger partial charge in [-0.15, -0.1) is 0 Å². The van der Waals surface area contributed by atoms with E-state index in [1.165, 1.54) is 6.07 Å². The average molecular weight is 302 g/mol. The molecule has 0 saturated heterocycles. The van der Waals surface area contributed by atoms with Crippen LogP contribution in [0.3, 0.4) is 0 Å². The Morgan fingerprint density at radius 2 is 2.06 bits per heavy atom. The molecule has 16 heavy (non-hydrogen) atoms. The fourth-order valence-corrected chi connectivity index (χ4v) is 1.73. The molecule has 2 nitrogen and oxygen atoms in total. The van der Waals surface area contributed by atoms with Crippen molar-refractivity contribution < 1.29 is 4.39 Å². The summed E-state index contributed by atoms with van der Waals surface area (Å²) in [5.41, 5.74) is 0.298. The number of benzene rings is 1. The number of anilines is 2. The maximum atomic E-state index is 13.6. The molecule has 5 heteroatoms. The number of aromatic nitrogens is 1. The van der Waals surface area contributed by atoms with Crippen LogP contribution in [-0.4, -0.2) is 4.98 Å². The third-order valence-electron chi connectivity index (χ3n) is 1.96. The summed E-state index contributed by atoms with van der Waals surface area (Å²) >= 11 is 8.99. The average Bonchev–Trinajstić information content (AvgIpc) is 2.28. The second kappa shape index (κ2) is 4.80. The summed E-state index contributed by atoms with van der Waals surface area (Å²) < 4.78 is 14.3. The van der Waals surface area contributed by atoms with Crippen molar-refractivity contribution in [2.45, 2.75) is 0 Å². The van der Waals surface area contributed by atoms with E-state index in [0.717, 1.165) is 4.47 Å². The van der Waals surface area contributed by atoms with Gasteiger partial charge in [0.15, 0.2) is 5.82 Å². The lowest BCUT2D eigenvalue weighted by atomic mass is 10.3. The van der Waals surface area contributed by atoms with Gasteiger partial charge in [0.05, 0.1) is 15.2 Å². The lowest BCUT2D eigenvalue weighted by Gasteiger charge is -2.08. The van der Waals surface area contributed by atoms with Crippen LogP contribution in [0.15, 0.2) is 41.0 Å². The van der Waals surface area contributed by atoms with Crippen LogP contribution >= 0.6 is 27.5 Å². The highest BCUT2D eigenvalue weighted by Gasteiger charge is 2.08. The van der Waals surface area contributed by atoms with E-state index in [9.17, 15) is 4.39 Å². The molecular weight excluding hydrogens is 294 g/mol. The molecule has 1 N–H and O–H groups in total. The molecule has 0 atom stereocenters. The highest BCUT2D eigenvalue weighted by atomic mass is 79.9. The van der Waals surface area contributed by atoms with Crippen molar-refractivity contribution in [1.29, 1.82) is 0 Å². The van der Waals surface area contributed by atoms with Crippen LogP contribution in [0.4, 0.5) is 15.9 Å². The molecule has 0 fully saturated rings. The van der Waals surface area contributed by atoms with Crippen LogP contribution < -0.4 is 5.32 Å². The van der Waals surface area contributed by atoms with Gasteiger partial charge in [-0.1, -0.05) is 17.7 Å². The van der Waals surface area contributed by atoms with Crippen molar-refractivity contribution in [2.24, 2.45) is 0 Å². The Labute approximate surface area is 106 Å². The van der Waals surface area contributed by atoms with E-state index in [0.29, 0.717) is 11.5 Å². The normalized spacial score (nSPS) is 10.2. The van der Waals surface area contributed by atoms with Gasteiger partial charge in [0.25, 0.3) is 0 Å². The predicted octanol–water partition coefficient (Wildman–Crippen LogP) is 4.38. The number of nitrogens with zero attached hydrogens (tertiary/aromatic N) is 1. The molecule has 0 aliphatic carbocycles. The van der Waals surface area contributed by atoms with Crippen LogP contribution in [0, 0.1) is 5.82 Å². The van der Waals surface area contributed by atoms with Gasteiger partial charge in [0, 0.05) is 6.20 Å². The van der Waals surface area contributed by atoms with Gasteiger partial charge in [-0.3, -0.25) is 0 Å². The number of hydrogen-bond acceptors (Lipinski definition) is 2. The first-order valence-electron chi connectivity index (χ1n) is 4.50. The van der Waals surface area contributed by atoms with E-state index >= 15 is 0 Å². The molecule has 0 spiro atoms. The minimum atomic E-state index is -0.485. The summed E-state index contributed by atoms with van der Waals surface area (Å²) in [5.74, 6) is 0.0605. The van der Waals surface area contributed by atoms with Crippen LogP contribution in [0.25, 0.3) is 0 Å². The molecule has 1 aromatic heterocycles. The molecular formula is C11H7BrClFN2. The molecule has 0 saturated carbocycles. The largest absolute Gasteiger partial charge is 0.337 e. The molecule has 82 valence electrons. The Morgan fingerprint density at radius 1 is 1.25 bits per heavy atom. The van der Waals surface area contributed by atoms with Crippen molar-refractivity contribution in [3.05, 3.63) is 51.8 Å². The van der Waals surface area contributed by atoms with E-state index in [4.69, 9.17) is 11.6 Å². The summed E-state index contributed by atoms with van der Waals surface area (Å²) in [6, 6.07) is 8.36. The fourth-order valence-electron chi connectivity index (χ4n) is 1.21. The van der Waals surface area contributed by atoms with Crippen molar-refractivity contribution in [3.8, 4) is 0 Å². The lowest BCUT2D eigenvalue weighted by Crippen LogP contribution is -1.97. The molecule has 1 aromatic carbocycles. The molecule has 0 aliphatic heterocycles. The highest BCUT2D eigenvalue weighted by molar-refractivity contribution is 9.10. The molecule has 0 unspecified atom stereocenters. The van der Waals surface area contributed by atoms with Crippen LogP contribution in [-0.2, 0) is 0 Å². The van der Waals surface area contributed by atoms with E-state index in [1.54, 1.807) is 24.4 Å². The molecule has 2 rings (SSSR count). The Hall–Kier alpha value is -1.13. The molecule has 2 aromatic rings. The number of hydrogen-bond donors (Lipinski definition) is 1. The Balaban J connectivity index is 2.35. The highest BCUT2D eigenvalue weighted by Crippen LogP contribution is 2.27. The van der Waals surface area contributed by atoms with Crippen molar-refractivity contribution in [3.63, 3.8) is 0 Å². The van der Waals surface area contributed by atoms with E-state index in [-0.39, 0.29) is 5.02 Å². The minimum absolute atomic E-state index is 0.0806. The maximum absolute atomic E-state index is 13.6. The van der Waals surface area contributed by atoms with E-state index in [1.807, 2.05) is 6.07 Å². The topological polar surface area (TPSA) is 24.9 Å². The first-order valence-corrected chi connectivity index (χ1v) is 5.67. The molecule has 0 aliphatic rings. The zero-order valence-electron chi connectivity index (χ0n) is 8.05. The van der Waals surface area contributed by atoms with E-state index < -0.39 is 5.82 Å². The van der Waals surface area contributed by atoms with Crippen LogP contribution in [0.1, 0.15) is 0 Å². The van der Waals surface area contributed by atoms with Gasteiger partial charge in [0.2, 0.25) is 0 Å². The number of pyridine rings is 1. The predicted molar refractivity (Wildman–Crippen MR) is 66.6 cm³/mol. The summed E-state index contributed by atoms with van der Waals surface area (Å²) in [4.78, 5) is 4.08. The van der Waals surface area contributed by atoms with Gasteiger partial charge in [-0.05, 0) is 40.2 Å². The summed E-state index contributed by atoms with van der Waals surface area (Å²) in [7, 11) is 0. The molecule has 0 bridgehead atoms. The van der Waals surface area contributed by atoms with Crippen LogP contribution in [0.2, 0.25) is 5.02 Å². The van der Waals surface area contributed by atoms with Crippen molar-refractivity contribution >= 4 is 39.0 Å². The monoisotopic (exact) mass is 300 g/mol. The summed E-state index contributed by atoms with van der Waals surface area (Å²) in [6.07, 6.45) is 1.62. The third kappa shape index (κ3) is 2.33. The molecule has 0 radical (unpaired) electrons. The summed E-state index contributed by atoms with van der Waals surface area (Å²) in [6.45, 7) is 0. The van der Waals surface area contributed by atoms with Gasteiger partial charge in [-0.2, -0.15) is 0 Å². The third-order valence-corrected chi connectivity index (χ3v) is 2.89. The maximum Gasteiger partial charge on any atom is 0.165 e. The lowest BCUT2D eigenvalue weighted by molar-refractivity contribution is 0.632. The van der Waals surface area contributed by atoms with Crippen molar-refractivity contribution in [1.82, 2.24) is 4.98 Å². The Kier molecular flexibility index (Phi) is 3.41. The standard InChI is InChI=1S/C11H7BrClFN2/c12-7-3-2-6-15-11(7)16-9-5-1-4-8(13)10(9)14/h1-6H,(H,15,16). The fraction of sp³-hybridized carbons (Fsp3) is 0.